The molecule has 0 bridgehead atoms. The third kappa shape index (κ3) is 3.90. The van der Waals surface area contributed by atoms with E-state index in [9.17, 15) is 14.9 Å². The molecule has 3 rings (SSSR count). The number of carbonyl (C=O) groups excluding carboxylic acids is 1. The normalized spacial score (nSPS) is 10.9. The van der Waals surface area contributed by atoms with Gasteiger partial charge in [0.05, 0.1) is 28.2 Å². The van der Waals surface area contributed by atoms with Crippen molar-refractivity contribution < 1.29 is 9.72 Å². The van der Waals surface area contributed by atoms with E-state index in [1.54, 1.807) is 4.68 Å². The van der Waals surface area contributed by atoms with Crippen LogP contribution in [0.4, 0.5) is 5.69 Å². The molecule has 1 N–H and O–H groups in total. The Morgan fingerprint density at radius 1 is 1.19 bits per heavy atom. The van der Waals surface area contributed by atoms with Crippen molar-refractivity contribution in [3.8, 4) is 5.69 Å². The molecule has 27 heavy (non-hydrogen) atoms. The SMILES string of the molecule is Cc1nn(-c2ccccc2)c(C)c1/C=N/NC(=O)c1cccc([N+](=O)[O-])c1. The third-order valence-electron chi connectivity index (χ3n) is 4.03. The molecule has 8 nitrogen and oxygen atoms in total. The lowest BCUT2D eigenvalue weighted by molar-refractivity contribution is -0.384. The molecular weight excluding hydrogens is 346 g/mol. The van der Waals surface area contributed by atoms with Crippen LogP contribution in [-0.4, -0.2) is 26.8 Å². The highest BCUT2D eigenvalue weighted by atomic mass is 16.6. The fourth-order valence-corrected chi connectivity index (χ4v) is 2.64. The van der Waals surface area contributed by atoms with Gasteiger partial charge in [-0.15, -0.1) is 0 Å². The topological polar surface area (TPSA) is 102 Å². The van der Waals surface area contributed by atoms with E-state index in [2.05, 4.69) is 15.6 Å². The summed E-state index contributed by atoms with van der Waals surface area (Å²) < 4.78 is 1.80. The van der Waals surface area contributed by atoms with Crippen molar-refractivity contribution >= 4 is 17.8 Å². The van der Waals surface area contributed by atoms with E-state index in [1.165, 1.54) is 30.5 Å². The van der Waals surface area contributed by atoms with Crippen LogP contribution in [0.2, 0.25) is 0 Å². The van der Waals surface area contributed by atoms with Crippen molar-refractivity contribution in [2.45, 2.75) is 13.8 Å². The predicted octanol–water partition coefficient (Wildman–Crippen LogP) is 3.16. The van der Waals surface area contributed by atoms with Crippen molar-refractivity contribution in [1.29, 1.82) is 0 Å². The number of hydrogen-bond donors (Lipinski definition) is 1. The summed E-state index contributed by atoms with van der Waals surface area (Å²) in [5.41, 5.74) is 5.77. The number of nitrogens with zero attached hydrogens (tertiary/aromatic N) is 4. The Balaban J connectivity index is 1.77. The number of rotatable bonds is 5. The molecule has 0 unspecified atom stereocenters. The lowest BCUT2D eigenvalue weighted by Gasteiger charge is -2.03. The van der Waals surface area contributed by atoms with Crippen molar-refractivity contribution in [3.05, 3.63) is 87.2 Å². The summed E-state index contributed by atoms with van der Waals surface area (Å²) in [6.45, 7) is 3.77. The van der Waals surface area contributed by atoms with Crippen molar-refractivity contribution in [3.63, 3.8) is 0 Å². The number of para-hydroxylation sites is 1. The smallest absolute Gasteiger partial charge is 0.267 e. The molecule has 2 aromatic carbocycles. The zero-order valence-electron chi connectivity index (χ0n) is 14.8. The summed E-state index contributed by atoms with van der Waals surface area (Å²) >= 11 is 0. The molecule has 0 aliphatic carbocycles. The largest absolute Gasteiger partial charge is 0.271 e. The molecule has 0 fully saturated rings. The Kier molecular flexibility index (Phi) is 5.07. The quantitative estimate of drug-likeness (QED) is 0.427. The van der Waals surface area contributed by atoms with Gasteiger partial charge in [-0.05, 0) is 32.0 Å². The molecule has 8 heteroatoms. The van der Waals surface area contributed by atoms with E-state index in [1.807, 2.05) is 44.2 Å². The van der Waals surface area contributed by atoms with Gasteiger partial charge in [0.15, 0.2) is 0 Å². The standard InChI is InChI=1S/C19H17N5O3/c1-13-18(14(2)23(22-13)16-8-4-3-5-9-16)12-20-21-19(25)15-7-6-10-17(11-15)24(26)27/h3-12H,1-2H3,(H,21,25)/b20-12+. The van der Waals surface area contributed by atoms with Crippen LogP contribution in [-0.2, 0) is 0 Å². The maximum Gasteiger partial charge on any atom is 0.271 e. The van der Waals surface area contributed by atoms with Crippen LogP contribution in [0, 0.1) is 24.0 Å². The van der Waals surface area contributed by atoms with Crippen molar-refractivity contribution in [2.24, 2.45) is 5.10 Å². The first-order chi connectivity index (χ1) is 13.0. The number of nitro groups is 1. The summed E-state index contributed by atoms with van der Waals surface area (Å²) in [7, 11) is 0. The van der Waals surface area contributed by atoms with E-state index < -0.39 is 10.8 Å². The number of carbonyl (C=O) groups is 1. The number of nitro benzene ring substituents is 1. The highest BCUT2D eigenvalue weighted by molar-refractivity contribution is 5.95. The molecule has 0 radical (unpaired) electrons. The number of non-ortho nitro benzene ring substituents is 1. The van der Waals surface area contributed by atoms with Gasteiger partial charge in [-0.1, -0.05) is 24.3 Å². The molecule has 0 atom stereocenters. The van der Waals surface area contributed by atoms with Gasteiger partial charge in [0.2, 0.25) is 0 Å². The minimum atomic E-state index is -0.551. The summed E-state index contributed by atoms with van der Waals surface area (Å²) in [5.74, 6) is -0.527. The molecule has 0 saturated carbocycles. The number of amides is 1. The number of aryl methyl sites for hydroxylation is 1. The molecule has 1 aromatic heterocycles. The second kappa shape index (κ2) is 7.61. The minimum absolute atomic E-state index is 0.151. The van der Waals surface area contributed by atoms with E-state index in [4.69, 9.17) is 0 Å². The van der Waals surface area contributed by atoms with Gasteiger partial charge in [-0.2, -0.15) is 10.2 Å². The van der Waals surface area contributed by atoms with Crippen LogP contribution >= 0.6 is 0 Å². The van der Waals surface area contributed by atoms with E-state index >= 15 is 0 Å². The zero-order chi connectivity index (χ0) is 19.4. The van der Waals surface area contributed by atoms with Crippen LogP contribution in [0.3, 0.4) is 0 Å². The maximum atomic E-state index is 12.1. The molecular formula is C19H17N5O3. The molecule has 0 spiro atoms. The molecule has 1 amide bonds. The number of nitrogens with one attached hydrogen (secondary N) is 1. The number of hydrazone groups is 1. The average Bonchev–Trinajstić information content (AvgIpc) is 2.97. The van der Waals surface area contributed by atoms with Crippen molar-refractivity contribution in [2.75, 3.05) is 0 Å². The maximum absolute atomic E-state index is 12.1. The van der Waals surface area contributed by atoms with Crippen LogP contribution in [0.5, 0.6) is 0 Å². The third-order valence-corrected chi connectivity index (χ3v) is 4.03. The lowest BCUT2D eigenvalue weighted by atomic mass is 10.2. The molecule has 3 aromatic rings. The average molecular weight is 363 g/mol. The van der Waals surface area contributed by atoms with Crippen LogP contribution in [0.1, 0.15) is 27.3 Å². The highest BCUT2D eigenvalue weighted by Gasteiger charge is 2.12. The Hall–Kier alpha value is -3.81. The Morgan fingerprint density at radius 3 is 2.63 bits per heavy atom. The molecule has 0 aliphatic rings. The zero-order valence-corrected chi connectivity index (χ0v) is 14.8. The lowest BCUT2D eigenvalue weighted by Crippen LogP contribution is -2.17. The summed E-state index contributed by atoms with van der Waals surface area (Å²) in [6, 6.07) is 15.2. The predicted molar refractivity (Wildman–Crippen MR) is 101 cm³/mol. The summed E-state index contributed by atoms with van der Waals surface area (Å²) in [4.78, 5) is 22.4. The molecule has 0 saturated heterocycles. The van der Waals surface area contributed by atoms with Gasteiger partial charge in [0.1, 0.15) is 0 Å². The van der Waals surface area contributed by atoms with Gasteiger partial charge < -0.3 is 0 Å². The second-order valence-corrected chi connectivity index (χ2v) is 5.84. The highest BCUT2D eigenvalue weighted by Crippen LogP contribution is 2.16. The van der Waals surface area contributed by atoms with Gasteiger partial charge in [0.25, 0.3) is 11.6 Å². The van der Waals surface area contributed by atoms with E-state index in [0.29, 0.717) is 0 Å². The van der Waals surface area contributed by atoms with Gasteiger partial charge in [-0.3, -0.25) is 14.9 Å². The van der Waals surface area contributed by atoms with Gasteiger partial charge in [0, 0.05) is 23.3 Å². The number of benzene rings is 2. The van der Waals surface area contributed by atoms with E-state index in [0.717, 1.165) is 22.6 Å². The molecule has 0 aliphatic heterocycles. The second-order valence-electron chi connectivity index (χ2n) is 5.84. The van der Waals surface area contributed by atoms with Gasteiger partial charge >= 0.3 is 0 Å². The summed E-state index contributed by atoms with van der Waals surface area (Å²) in [5, 5.41) is 19.3. The monoisotopic (exact) mass is 363 g/mol. The van der Waals surface area contributed by atoms with E-state index in [-0.39, 0.29) is 11.3 Å². The fraction of sp³-hybridized carbons (Fsp3) is 0.105. The Morgan fingerprint density at radius 2 is 1.93 bits per heavy atom. The first kappa shape index (κ1) is 18.0. The minimum Gasteiger partial charge on any atom is -0.267 e. The first-order valence-corrected chi connectivity index (χ1v) is 8.17. The number of hydrogen-bond acceptors (Lipinski definition) is 5. The Labute approximate surface area is 155 Å². The Bertz CT molecular complexity index is 1030. The fourth-order valence-electron chi connectivity index (χ4n) is 2.64. The first-order valence-electron chi connectivity index (χ1n) is 8.17. The van der Waals surface area contributed by atoms with Gasteiger partial charge in [-0.25, -0.2) is 10.1 Å². The van der Waals surface area contributed by atoms with Crippen molar-refractivity contribution in [1.82, 2.24) is 15.2 Å². The van der Waals surface area contributed by atoms with Crippen LogP contribution in [0.15, 0.2) is 59.7 Å². The molecule has 136 valence electrons. The van der Waals surface area contributed by atoms with Crippen LogP contribution in [0.25, 0.3) is 5.69 Å². The molecule has 1 heterocycles. The van der Waals surface area contributed by atoms with Crippen LogP contribution < -0.4 is 5.43 Å². The number of aromatic nitrogens is 2. The summed E-state index contributed by atoms with van der Waals surface area (Å²) in [6.07, 6.45) is 1.52.